The molecule has 0 radical (unpaired) electrons. The molecule has 1 aromatic carbocycles. The van der Waals surface area contributed by atoms with Crippen molar-refractivity contribution in [2.75, 3.05) is 5.32 Å². The third-order valence-electron chi connectivity index (χ3n) is 3.80. The summed E-state index contributed by atoms with van der Waals surface area (Å²) in [6, 6.07) is 5.27. The lowest BCUT2D eigenvalue weighted by atomic mass is 9.86. The summed E-state index contributed by atoms with van der Waals surface area (Å²) < 4.78 is 0.961. The van der Waals surface area contributed by atoms with Crippen LogP contribution in [0.3, 0.4) is 0 Å². The van der Waals surface area contributed by atoms with Gasteiger partial charge in [0.05, 0.1) is 5.92 Å². The number of aryl methyl sites for hydroxylation is 1. The van der Waals surface area contributed by atoms with Crippen molar-refractivity contribution >= 4 is 33.6 Å². The van der Waals surface area contributed by atoms with Gasteiger partial charge >= 0.3 is 12.0 Å². The van der Waals surface area contributed by atoms with Crippen LogP contribution in [0, 0.1) is 12.8 Å². The highest BCUT2D eigenvalue weighted by molar-refractivity contribution is 9.10. The highest BCUT2D eigenvalue weighted by Gasteiger charge is 2.27. The van der Waals surface area contributed by atoms with E-state index in [0.29, 0.717) is 12.8 Å². The minimum absolute atomic E-state index is 0.0735. The lowest BCUT2D eigenvalue weighted by Gasteiger charge is -2.27. The van der Waals surface area contributed by atoms with E-state index in [4.69, 9.17) is 5.11 Å². The normalized spacial score (nSPS) is 21.6. The van der Waals surface area contributed by atoms with Gasteiger partial charge in [0.2, 0.25) is 0 Å². The molecule has 114 valence electrons. The van der Waals surface area contributed by atoms with Crippen molar-refractivity contribution < 1.29 is 14.7 Å². The fraction of sp³-hybridized carbons (Fsp3) is 0.467. The number of carboxylic acid groups (broad SMARTS) is 1. The Kier molecular flexibility index (Phi) is 5.22. The van der Waals surface area contributed by atoms with Gasteiger partial charge < -0.3 is 15.7 Å². The summed E-state index contributed by atoms with van der Waals surface area (Å²) in [5, 5.41) is 14.7. The van der Waals surface area contributed by atoms with Gasteiger partial charge in [0.15, 0.2) is 0 Å². The maximum Gasteiger partial charge on any atom is 0.319 e. The predicted octanol–water partition coefficient (Wildman–Crippen LogP) is 3.52. The van der Waals surface area contributed by atoms with Crippen LogP contribution in [0.15, 0.2) is 22.7 Å². The quantitative estimate of drug-likeness (QED) is 0.776. The smallest absolute Gasteiger partial charge is 0.319 e. The Balaban J connectivity index is 1.91. The van der Waals surface area contributed by atoms with Crippen molar-refractivity contribution in [1.82, 2.24) is 5.32 Å². The van der Waals surface area contributed by atoms with Gasteiger partial charge in [-0.05, 0) is 49.9 Å². The minimum Gasteiger partial charge on any atom is -0.481 e. The number of benzene rings is 1. The average molecular weight is 355 g/mol. The van der Waals surface area contributed by atoms with E-state index in [0.717, 1.165) is 28.6 Å². The van der Waals surface area contributed by atoms with Gasteiger partial charge in [-0.3, -0.25) is 4.79 Å². The Morgan fingerprint density at radius 3 is 2.76 bits per heavy atom. The van der Waals surface area contributed by atoms with Gasteiger partial charge in [0.1, 0.15) is 0 Å². The lowest BCUT2D eigenvalue weighted by molar-refractivity contribution is -0.143. The number of carbonyl (C=O) groups excluding carboxylic acids is 1. The molecule has 3 N–H and O–H groups in total. The summed E-state index contributed by atoms with van der Waals surface area (Å²) in [5.41, 5.74) is 1.72. The Labute approximate surface area is 132 Å². The maximum absolute atomic E-state index is 12.0. The number of urea groups is 1. The predicted molar refractivity (Wildman–Crippen MR) is 84.4 cm³/mol. The van der Waals surface area contributed by atoms with Gasteiger partial charge in [-0.25, -0.2) is 4.79 Å². The second-order valence-electron chi connectivity index (χ2n) is 5.46. The van der Waals surface area contributed by atoms with Gasteiger partial charge in [-0.2, -0.15) is 0 Å². The molecule has 2 rings (SSSR count). The second kappa shape index (κ2) is 6.93. The molecule has 6 heteroatoms. The first-order chi connectivity index (χ1) is 9.95. The third-order valence-corrected chi connectivity index (χ3v) is 4.29. The van der Waals surface area contributed by atoms with Crippen molar-refractivity contribution in [2.45, 2.75) is 38.6 Å². The first-order valence-electron chi connectivity index (χ1n) is 7.02. The number of nitrogens with one attached hydrogen (secondary N) is 2. The molecule has 0 heterocycles. The standard InChI is InChI=1S/C15H19BrN2O3/c1-9-7-11(16)5-6-13(9)18-15(21)17-12-4-2-3-10(8-12)14(19)20/h5-7,10,12H,2-4,8H2,1H3,(H,19,20)(H2,17,18,21). The van der Waals surface area contributed by atoms with E-state index in [9.17, 15) is 9.59 Å². The van der Waals surface area contributed by atoms with Gasteiger partial charge in [-0.15, -0.1) is 0 Å². The van der Waals surface area contributed by atoms with E-state index in [1.165, 1.54) is 0 Å². The molecule has 0 aromatic heterocycles. The zero-order chi connectivity index (χ0) is 15.4. The number of hydrogen-bond donors (Lipinski definition) is 3. The van der Waals surface area contributed by atoms with Crippen LogP contribution in [0.4, 0.5) is 10.5 Å². The largest absolute Gasteiger partial charge is 0.481 e. The summed E-state index contributed by atoms with van der Waals surface area (Å²) in [4.78, 5) is 23.0. The van der Waals surface area contributed by atoms with Crippen LogP contribution in [-0.2, 0) is 4.79 Å². The fourth-order valence-electron chi connectivity index (χ4n) is 2.66. The Morgan fingerprint density at radius 1 is 1.33 bits per heavy atom. The number of carbonyl (C=O) groups is 2. The molecule has 21 heavy (non-hydrogen) atoms. The van der Waals surface area contributed by atoms with Crippen LogP contribution in [-0.4, -0.2) is 23.1 Å². The van der Waals surface area contributed by atoms with Crippen LogP contribution < -0.4 is 10.6 Å². The van der Waals surface area contributed by atoms with Crippen molar-refractivity contribution in [2.24, 2.45) is 5.92 Å². The van der Waals surface area contributed by atoms with Crippen molar-refractivity contribution in [3.8, 4) is 0 Å². The molecule has 2 atom stereocenters. The molecule has 2 unspecified atom stereocenters. The van der Waals surface area contributed by atoms with Gasteiger partial charge in [0, 0.05) is 16.2 Å². The van der Waals surface area contributed by atoms with Gasteiger partial charge in [0.25, 0.3) is 0 Å². The topological polar surface area (TPSA) is 78.4 Å². The number of anilines is 1. The number of carboxylic acids is 1. The van der Waals surface area contributed by atoms with E-state index < -0.39 is 5.97 Å². The van der Waals surface area contributed by atoms with Crippen LogP contribution in [0.5, 0.6) is 0 Å². The minimum atomic E-state index is -0.773. The van der Waals surface area contributed by atoms with Crippen molar-refractivity contribution in [1.29, 1.82) is 0 Å². The van der Waals surface area contributed by atoms with Crippen molar-refractivity contribution in [3.05, 3.63) is 28.2 Å². The molecule has 0 bridgehead atoms. The summed E-state index contributed by atoms with van der Waals surface area (Å²) in [6.07, 6.45) is 2.86. The van der Waals surface area contributed by atoms with E-state index in [-0.39, 0.29) is 18.0 Å². The third kappa shape index (κ3) is 4.46. The molecular formula is C15H19BrN2O3. The van der Waals surface area contributed by atoms with Crippen LogP contribution >= 0.6 is 15.9 Å². The molecule has 0 spiro atoms. The first-order valence-corrected chi connectivity index (χ1v) is 7.81. The van der Waals surface area contributed by atoms with Crippen LogP contribution in [0.1, 0.15) is 31.2 Å². The average Bonchev–Trinajstić information content (AvgIpc) is 2.42. The molecule has 1 fully saturated rings. The number of amides is 2. The number of aliphatic carboxylic acids is 1. The summed E-state index contributed by atoms with van der Waals surface area (Å²) in [6.45, 7) is 1.92. The van der Waals surface area contributed by atoms with E-state index >= 15 is 0 Å². The molecule has 1 aliphatic rings. The summed E-state index contributed by atoms with van der Waals surface area (Å²) in [7, 11) is 0. The Morgan fingerprint density at radius 2 is 2.10 bits per heavy atom. The van der Waals surface area contributed by atoms with E-state index in [2.05, 4.69) is 26.6 Å². The molecule has 1 aromatic rings. The lowest BCUT2D eigenvalue weighted by Crippen LogP contribution is -2.42. The fourth-order valence-corrected chi connectivity index (χ4v) is 3.13. The van der Waals surface area contributed by atoms with E-state index in [1.807, 2.05) is 25.1 Å². The highest BCUT2D eigenvalue weighted by Crippen LogP contribution is 2.25. The molecule has 2 amide bonds. The summed E-state index contributed by atoms with van der Waals surface area (Å²) in [5.74, 6) is -1.12. The molecule has 0 aliphatic heterocycles. The first kappa shape index (κ1) is 15.8. The molecule has 1 saturated carbocycles. The zero-order valence-electron chi connectivity index (χ0n) is 11.9. The zero-order valence-corrected chi connectivity index (χ0v) is 13.4. The monoisotopic (exact) mass is 354 g/mol. The number of halogens is 1. The maximum atomic E-state index is 12.0. The number of hydrogen-bond acceptors (Lipinski definition) is 2. The van der Waals surface area contributed by atoms with Crippen LogP contribution in [0.2, 0.25) is 0 Å². The SMILES string of the molecule is Cc1cc(Br)ccc1NC(=O)NC1CCCC(C(=O)O)C1. The molecule has 5 nitrogen and oxygen atoms in total. The second-order valence-corrected chi connectivity index (χ2v) is 6.37. The Hall–Kier alpha value is -1.56. The molecule has 0 saturated heterocycles. The number of rotatable bonds is 3. The summed E-state index contributed by atoms with van der Waals surface area (Å²) >= 11 is 3.38. The van der Waals surface area contributed by atoms with Gasteiger partial charge in [-0.1, -0.05) is 22.4 Å². The Bertz CT molecular complexity index is 548. The molecule has 1 aliphatic carbocycles. The highest BCUT2D eigenvalue weighted by atomic mass is 79.9. The van der Waals surface area contributed by atoms with Crippen LogP contribution in [0.25, 0.3) is 0 Å². The molecular weight excluding hydrogens is 336 g/mol. The van der Waals surface area contributed by atoms with E-state index in [1.54, 1.807) is 0 Å². The van der Waals surface area contributed by atoms with Crippen molar-refractivity contribution in [3.63, 3.8) is 0 Å².